The van der Waals surface area contributed by atoms with E-state index in [0.29, 0.717) is 21.8 Å². The Balaban J connectivity index is 1.99. The van der Waals surface area contributed by atoms with Crippen LogP contribution in [-0.2, 0) is 0 Å². The molecule has 2 aromatic rings. The van der Waals surface area contributed by atoms with Crippen molar-refractivity contribution < 1.29 is 17.9 Å². The average Bonchev–Trinajstić information content (AvgIpc) is 2.91. The maximum Gasteiger partial charge on any atom is 0.573 e. The maximum absolute atomic E-state index is 12.2. The van der Waals surface area contributed by atoms with E-state index in [4.69, 9.17) is 11.6 Å². The quantitative estimate of drug-likeness (QED) is 0.735. The molecule has 0 amide bonds. The SMILES string of the molecule is FC(F)(F)Oc1ccc2nc(C3CCCC3)cc(Cl)c2c1. The minimum atomic E-state index is -4.71. The van der Waals surface area contributed by atoms with Crippen molar-refractivity contribution in [2.24, 2.45) is 0 Å². The van der Waals surface area contributed by atoms with Crippen molar-refractivity contribution in [1.82, 2.24) is 4.98 Å². The zero-order chi connectivity index (χ0) is 15.0. The van der Waals surface area contributed by atoms with Crippen molar-refractivity contribution in [2.45, 2.75) is 38.0 Å². The third-order valence-corrected chi connectivity index (χ3v) is 4.07. The Kier molecular flexibility index (Phi) is 3.69. The van der Waals surface area contributed by atoms with Gasteiger partial charge in [-0.05, 0) is 37.1 Å². The molecule has 2 nitrogen and oxygen atoms in total. The topological polar surface area (TPSA) is 22.1 Å². The molecule has 1 saturated carbocycles. The van der Waals surface area contributed by atoms with Crippen LogP contribution >= 0.6 is 11.6 Å². The van der Waals surface area contributed by atoms with Gasteiger partial charge in [0, 0.05) is 17.0 Å². The van der Waals surface area contributed by atoms with Crippen LogP contribution in [0.15, 0.2) is 24.3 Å². The van der Waals surface area contributed by atoms with Gasteiger partial charge in [0.1, 0.15) is 5.75 Å². The van der Waals surface area contributed by atoms with E-state index >= 15 is 0 Å². The van der Waals surface area contributed by atoms with E-state index in [1.54, 1.807) is 6.07 Å². The second-order valence-corrected chi connectivity index (χ2v) is 5.64. The largest absolute Gasteiger partial charge is 0.573 e. The molecule has 3 rings (SSSR count). The molecule has 0 radical (unpaired) electrons. The zero-order valence-electron chi connectivity index (χ0n) is 11.1. The average molecular weight is 316 g/mol. The van der Waals surface area contributed by atoms with E-state index in [1.807, 2.05) is 0 Å². The molecule has 21 heavy (non-hydrogen) atoms. The number of fused-ring (bicyclic) bond motifs is 1. The molecule has 0 N–H and O–H groups in total. The number of rotatable bonds is 2. The first-order valence-electron chi connectivity index (χ1n) is 6.78. The number of alkyl halides is 3. The number of hydrogen-bond donors (Lipinski definition) is 0. The van der Waals surface area contributed by atoms with E-state index < -0.39 is 6.36 Å². The van der Waals surface area contributed by atoms with Gasteiger partial charge in [-0.1, -0.05) is 24.4 Å². The summed E-state index contributed by atoms with van der Waals surface area (Å²) in [4.78, 5) is 4.53. The fourth-order valence-electron chi connectivity index (χ4n) is 2.81. The maximum atomic E-state index is 12.2. The first kappa shape index (κ1) is 14.4. The summed E-state index contributed by atoms with van der Waals surface area (Å²) in [7, 11) is 0. The minimum absolute atomic E-state index is 0.285. The standard InChI is InChI=1S/C15H13ClF3NO/c16-12-8-14(9-3-1-2-4-9)20-13-6-5-10(7-11(12)13)21-15(17,18)19/h5-9H,1-4H2. The number of halogens is 4. The van der Waals surface area contributed by atoms with Crippen LogP contribution in [0.25, 0.3) is 10.9 Å². The Bertz CT molecular complexity index is 666. The van der Waals surface area contributed by atoms with Crippen LogP contribution in [0.1, 0.15) is 37.3 Å². The lowest BCUT2D eigenvalue weighted by Crippen LogP contribution is -2.17. The lowest BCUT2D eigenvalue weighted by Gasteiger charge is -2.13. The predicted molar refractivity (Wildman–Crippen MR) is 74.6 cm³/mol. The molecule has 0 spiro atoms. The Morgan fingerprint density at radius 3 is 2.52 bits per heavy atom. The lowest BCUT2D eigenvalue weighted by atomic mass is 10.0. The van der Waals surface area contributed by atoms with Crippen LogP contribution in [0, 0.1) is 0 Å². The van der Waals surface area contributed by atoms with Gasteiger partial charge >= 0.3 is 6.36 Å². The molecule has 0 bridgehead atoms. The summed E-state index contributed by atoms with van der Waals surface area (Å²) in [5, 5.41) is 0.884. The molecule has 0 aliphatic heterocycles. The van der Waals surface area contributed by atoms with Crippen molar-refractivity contribution in [3.8, 4) is 5.75 Å². The normalized spacial score (nSPS) is 16.6. The predicted octanol–water partition coefficient (Wildman–Crippen LogP) is 5.44. The molecule has 6 heteroatoms. The summed E-state index contributed by atoms with van der Waals surface area (Å²) >= 11 is 6.21. The van der Waals surface area contributed by atoms with Crippen LogP contribution in [0.4, 0.5) is 13.2 Å². The van der Waals surface area contributed by atoms with Gasteiger partial charge in [-0.15, -0.1) is 13.2 Å². The van der Waals surface area contributed by atoms with Gasteiger partial charge < -0.3 is 4.74 Å². The third kappa shape index (κ3) is 3.23. The van der Waals surface area contributed by atoms with Crippen LogP contribution < -0.4 is 4.74 Å². The Morgan fingerprint density at radius 2 is 1.86 bits per heavy atom. The molecule has 1 heterocycles. The summed E-state index contributed by atoms with van der Waals surface area (Å²) in [6.07, 6.45) is -0.174. The van der Waals surface area contributed by atoms with Gasteiger partial charge in [0.05, 0.1) is 10.5 Å². The fourth-order valence-corrected chi connectivity index (χ4v) is 3.07. The van der Waals surface area contributed by atoms with Crippen LogP contribution in [0.3, 0.4) is 0 Å². The number of nitrogens with zero attached hydrogens (tertiary/aromatic N) is 1. The third-order valence-electron chi connectivity index (χ3n) is 3.76. The number of benzene rings is 1. The highest BCUT2D eigenvalue weighted by molar-refractivity contribution is 6.35. The molecule has 1 fully saturated rings. The number of aromatic nitrogens is 1. The van der Waals surface area contributed by atoms with E-state index in [1.165, 1.54) is 31.0 Å². The van der Waals surface area contributed by atoms with Crippen molar-refractivity contribution in [2.75, 3.05) is 0 Å². The van der Waals surface area contributed by atoms with Crippen molar-refractivity contribution in [3.05, 3.63) is 35.0 Å². The van der Waals surface area contributed by atoms with Gasteiger partial charge in [0.25, 0.3) is 0 Å². The molecular weight excluding hydrogens is 303 g/mol. The lowest BCUT2D eigenvalue weighted by molar-refractivity contribution is -0.274. The summed E-state index contributed by atoms with van der Waals surface area (Å²) in [6, 6.07) is 5.81. The van der Waals surface area contributed by atoms with Crippen LogP contribution in [0.2, 0.25) is 5.02 Å². The van der Waals surface area contributed by atoms with Crippen molar-refractivity contribution in [3.63, 3.8) is 0 Å². The summed E-state index contributed by atoms with van der Waals surface area (Å²) < 4.78 is 40.6. The van der Waals surface area contributed by atoms with Gasteiger partial charge in [-0.3, -0.25) is 4.98 Å². The summed E-state index contributed by atoms with van der Waals surface area (Å²) in [6.45, 7) is 0. The van der Waals surface area contributed by atoms with Gasteiger partial charge in [0.2, 0.25) is 0 Å². The minimum Gasteiger partial charge on any atom is -0.406 e. The van der Waals surface area contributed by atoms with Crippen LogP contribution in [-0.4, -0.2) is 11.3 Å². The molecule has 112 valence electrons. The fraction of sp³-hybridized carbons (Fsp3) is 0.400. The summed E-state index contributed by atoms with van der Waals surface area (Å²) in [5.74, 6) is 0.116. The molecule has 0 unspecified atom stereocenters. The van der Waals surface area contributed by atoms with E-state index in [2.05, 4.69) is 9.72 Å². The van der Waals surface area contributed by atoms with Crippen molar-refractivity contribution >= 4 is 22.5 Å². The molecule has 1 aliphatic rings. The molecular formula is C15H13ClF3NO. The van der Waals surface area contributed by atoms with E-state index in [0.717, 1.165) is 18.5 Å². The first-order chi connectivity index (χ1) is 9.92. The van der Waals surface area contributed by atoms with Gasteiger partial charge in [-0.2, -0.15) is 0 Å². The smallest absolute Gasteiger partial charge is 0.406 e. The molecule has 0 atom stereocenters. The molecule has 1 aromatic heterocycles. The van der Waals surface area contributed by atoms with E-state index in [-0.39, 0.29) is 5.75 Å². The van der Waals surface area contributed by atoms with Crippen molar-refractivity contribution in [1.29, 1.82) is 0 Å². The Labute approximate surface area is 124 Å². The Hall–Kier alpha value is -1.49. The second-order valence-electron chi connectivity index (χ2n) is 5.24. The zero-order valence-corrected chi connectivity index (χ0v) is 11.8. The van der Waals surface area contributed by atoms with E-state index in [9.17, 15) is 13.2 Å². The molecule has 1 aliphatic carbocycles. The first-order valence-corrected chi connectivity index (χ1v) is 7.16. The van der Waals surface area contributed by atoms with Gasteiger partial charge in [-0.25, -0.2) is 0 Å². The Morgan fingerprint density at radius 1 is 1.14 bits per heavy atom. The number of hydrogen-bond acceptors (Lipinski definition) is 2. The molecule has 1 aromatic carbocycles. The molecule has 0 saturated heterocycles. The summed E-state index contributed by atoms with van der Waals surface area (Å²) in [5.41, 5.74) is 1.52. The highest BCUT2D eigenvalue weighted by Gasteiger charge is 2.31. The highest BCUT2D eigenvalue weighted by Crippen LogP contribution is 2.37. The monoisotopic (exact) mass is 315 g/mol. The van der Waals surface area contributed by atoms with Gasteiger partial charge in [0.15, 0.2) is 0 Å². The van der Waals surface area contributed by atoms with Crippen LogP contribution in [0.5, 0.6) is 5.75 Å². The number of pyridine rings is 1. The second kappa shape index (κ2) is 5.37. The number of ether oxygens (including phenoxy) is 1. The highest BCUT2D eigenvalue weighted by atomic mass is 35.5.